The lowest BCUT2D eigenvalue weighted by atomic mass is 10.0. The van der Waals surface area contributed by atoms with Crippen molar-refractivity contribution in [2.24, 2.45) is 0 Å². The predicted octanol–water partition coefficient (Wildman–Crippen LogP) is 4.33. The molecule has 0 bridgehead atoms. The highest BCUT2D eigenvalue weighted by Crippen LogP contribution is 2.22. The average Bonchev–Trinajstić information content (AvgIpc) is 3.00. The summed E-state index contributed by atoms with van der Waals surface area (Å²) in [5.41, 5.74) is 5.18. The summed E-state index contributed by atoms with van der Waals surface area (Å²) in [6, 6.07) is 11.0. The number of aromatic nitrogens is 3. The second-order valence-electron chi connectivity index (χ2n) is 5.26. The first kappa shape index (κ1) is 14.2. The Morgan fingerprint density at radius 1 is 1.09 bits per heavy atom. The zero-order valence-electron chi connectivity index (χ0n) is 12.5. The summed E-state index contributed by atoms with van der Waals surface area (Å²) in [7, 11) is 0. The van der Waals surface area contributed by atoms with Crippen molar-refractivity contribution in [1.82, 2.24) is 15.0 Å². The molecule has 1 aromatic heterocycles. The average molecular weight is 293 g/mol. The predicted molar refractivity (Wildman–Crippen MR) is 86.3 cm³/mol. The first-order valence-corrected chi connectivity index (χ1v) is 7.01. The maximum absolute atomic E-state index is 13.7. The van der Waals surface area contributed by atoms with Crippen LogP contribution < -0.4 is 0 Å². The van der Waals surface area contributed by atoms with Crippen molar-refractivity contribution in [2.45, 2.75) is 13.8 Å². The molecule has 3 aromatic rings. The van der Waals surface area contributed by atoms with E-state index in [0.29, 0.717) is 11.3 Å². The number of benzene rings is 2. The van der Waals surface area contributed by atoms with Crippen LogP contribution in [-0.2, 0) is 0 Å². The van der Waals surface area contributed by atoms with Gasteiger partial charge in [-0.3, -0.25) is 0 Å². The van der Waals surface area contributed by atoms with Gasteiger partial charge < -0.3 is 0 Å². The Morgan fingerprint density at radius 3 is 2.59 bits per heavy atom. The van der Waals surface area contributed by atoms with Crippen LogP contribution >= 0.6 is 0 Å². The van der Waals surface area contributed by atoms with Crippen molar-refractivity contribution in [3.05, 3.63) is 71.7 Å². The van der Waals surface area contributed by atoms with Gasteiger partial charge in [-0.1, -0.05) is 36.1 Å². The molecule has 1 heterocycles. The fourth-order valence-corrected chi connectivity index (χ4v) is 2.27. The van der Waals surface area contributed by atoms with Gasteiger partial charge in [0.05, 0.1) is 11.9 Å². The molecule has 0 fully saturated rings. The molecule has 22 heavy (non-hydrogen) atoms. The molecule has 0 unspecified atom stereocenters. The summed E-state index contributed by atoms with van der Waals surface area (Å²) < 4.78 is 15.2. The maximum Gasteiger partial charge on any atom is 0.128 e. The lowest BCUT2D eigenvalue weighted by Crippen LogP contribution is -1.96. The molecular weight excluding hydrogens is 277 g/mol. The van der Waals surface area contributed by atoms with E-state index in [2.05, 4.69) is 16.9 Å². The zero-order valence-corrected chi connectivity index (χ0v) is 12.5. The van der Waals surface area contributed by atoms with Crippen molar-refractivity contribution in [3.63, 3.8) is 0 Å². The highest BCUT2D eigenvalue weighted by molar-refractivity contribution is 5.65. The van der Waals surface area contributed by atoms with E-state index in [1.54, 1.807) is 23.9 Å². The Labute approximate surface area is 128 Å². The smallest absolute Gasteiger partial charge is 0.128 e. The van der Waals surface area contributed by atoms with E-state index in [1.807, 2.05) is 37.3 Å². The largest absolute Gasteiger partial charge is 0.220 e. The molecule has 0 N–H and O–H groups in total. The van der Waals surface area contributed by atoms with E-state index in [4.69, 9.17) is 0 Å². The van der Waals surface area contributed by atoms with Gasteiger partial charge in [0, 0.05) is 5.56 Å². The normalized spacial score (nSPS) is 10.7. The van der Waals surface area contributed by atoms with E-state index in [9.17, 15) is 4.39 Å². The van der Waals surface area contributed by atoms with Gasteiger partial charge in [-0.2, -0.15) is 0 Å². The minimum Gasteiger partial charge on any atom is -0.220 e. The summed E-state index contributed by atoms with van der Waals surface area (Å²) in [4.78, 5) is 0. The maximum atomic E-state index is 13.7. The topological polar surface area (TPSA) is 30.7 Å². The zero-order chi connectivity index (χ0) is 15.7. The standard InChI is InChI=1S/C18H16FN3/c1-4-14-9-15(7-5-12(14)2)18-11-22(21-20-18)16-8-6-13(3)17(19)10-16/h4-11H,1H2,2-3H3. The van der Waals surface area contributed by atoms with Gasteiger partial charge in [-0.25, -0.2) is 9.07 Å². The molecule has 0 aliphatic heterocycles. The Hall–Kier alpha value is -2.75. The number of nitrogens with zero attached hydrogens (tertiary/aromatic N) is 3. The first-order chi connectivity index (χ1) is 10.6. The molecule has 0 saturated heterocycles. The van der Waals surface area contributed by atoms with Gasteiger partial charge >= 0.3 is 0 Å². The molecule has 0 radical (unpaired) electrons. The third kappa shape index (κ3) is 2.55. The van der Waals surface area contributed by atoms with Gasteiger partial charge in [0.25, 0.3) is 0 Å². The quantitative estimate of drug-likeness (QED) is 0.719. The van der Waals surface area contributed by atoms with Crippen LogP contribution in [0.3, 0.4) is 0 Å². The molecule has 0 saturated carbocycles. The molecule has 3 rings (SSSR count). The highest BCUT2D eigenvalue weighted by atomic mass is 19.1. The van der Waals surface area contributed by atoms with Crippen molar-refractivity contribution in [2.75, 3.05) is 0 Å². The molecule has 110 valence electrons. The minimum absolute atomic E-state index is 0.251. The van der Waals surface area contributed by atoms with Gasteiger partial charge in [-0.15, -0.1) is 5.10 Å². The summed E-state index contributed by atoms with van der Waals surface area (Å²) in [5, 5.41) is 8.26. The molecule has 4 heteroatoms. The number of halogens is 1. The molecule has 0 spiro atoms. The van der Waals surface area contributed by atoms with E-state index < -0.39 is 0 Å². The highest BCUT2D eigenvalue weighted by Gasteiger charge is 2.08. The lowest BCUT2D eigenvalue weighted by molar-refractivity contribution is 0.615. The lowest BCUT2D eigenvalue weighted by Gasteiger charge is -2.03. The van der Waals surface area contributed by atoms with Gasteiger partial charge in [-0.05, 0) is 48.7 Å². The van der Waals surface area contributed by atoms with Gasteiger partial charge in [0.2, 0.25) is 0 Å². The number of hydrogen-bond donors (Lipinski definition) is 0. The summed E-state index contributed by atoms with van der Waals surface area (Å²) in [5.74, 6) is -0.251. The Kier molecular flexibility index (Phi) is 3.59. The van der Waals surface area contributed by atoms with Crippen molar-refractivity contribution in [1.29, 1.82) is 0 Å². The van der Waals surface area contributed by atoms with Crippen LogP contribution in [0.2, 0.25) is 0 Å². The summed E-state index contributed by atoms with van der Waals surface area (Å²) in [6.45, 7) is 7.58. The molecular formula is C18H16FN3. The molecule has 3 nitrogen and oxygen atoms in total. The third-order valence-electron chi connectivity index (χ3n) is 3.71. The molecule has 0 atom stereocenters. The SMILES string of the molecule is C=Cc1cc(-c2cn(-c3ccc(C)c(F)c3)nn2)ccc1C. The summed E-state index contributed by atoms with van der Waals surface area (Å²) in [6.07, 6.45) is 3.61. The Bertz CT molecular complexity index is 849. The second kappa shape index (κ2) is 5.56. The van der Waals surface area contributed by atoms with Crippen molar-refractivity contribution < 1.29 is 4.39 Å². The fraction of sp³-hybridized carbons (Fsp3) is 0.111. The summed E-state index contributed by atoms with van der Waals surface area (Å²) >= 11 is 0. The number of rotatable bonds is 3. The van der Waals surface area contributed by atoms with Crippen LogP contribution in [0.15, 0.2) is 49.2 Å². The Balaban J connectivity index is 2.00. The van der Waals surface area contributed by atoms with Crippen LogP contribution in [0, 0.1) is 19.7 Å². The fourth-order valence-electron chi connectivity index (χ4n) is 2.27. The van der Waals surface area contributed by atoms with Crippen molar-refractivity contribution in [3.8, 4) is 16.9 Å². The molecule has 0 aliphatic rings. The van der Waals surface area contributed by atoms with E-state index in [0.717, 1.165) is 22.4 Å². The van der Waals surface area contributed by atoms with Crippen LogP contribution in [0.25, 0.3) is 23.0 Å². The van der Waals surface area contributed by atoms with Gasteiger partial charge in [0.1, 0.15) is 11.5 Å². The molecule has 0 amide bonds. The first-order valence-electron chi connectivity index (χ1n) is 7.01. The van der Waals surface area contributed by atoms with Crippen LogP contribution in [-0.4, -0.2) is 15.0 Å². The van der Waals surface area contributed by atoms with Gasteiger partial charge in [0.15, 0.2) is 0 Å². The van der Waals surface area contributed by atoms with Crippen LogP contribution in [0.5, 0.6) is 0 Å². The molecule has 0 aliphatic carbocycles. The number of aryl methyl sites for hydroxylation is 2. The third-order valence-corrected chi connectivity index (χ3v) is 3.71. The second-order valence-corrected chi connectivity index (χ2v) is 5.26. The van der Waals surface area contributed by atoms with E-state index >= 15 is 0 Å². The minimum atomic E-state index is -0.251. The van der Waals surface area contributed by atoms with Crippen LogP contribution in [0.1, 0.15) is 16.7 Å². The van der Waals surface area contributed by atoms with Crippen molar-refractivity contribution >= 4 is 6.08 Å². The number of hydrogen-bond acceptors (Lipinski definition) is 2. The monoisotopic (exact) mass is 293 g/mol. The van der Waals surface area contributed by atoms with Crippen LogP contribution in [0.4, 0.5) is 4.39 Å². The Morgan fingerprint density at radius 2 is 1.86 bits per heavy atom. The van der Waals surface area contributed by atoms with E-state index in [1.165, 1.54) is 6.07 Å². The van der Waals surface area contributed by atoms with E-state index in [-0.39, 0.29) is 5.82 Å². The molecule has 2 aromatic carbocycles.